The van der Waals surface area contributed by atoms with Gasteiger partial charge in [-0.25, -0.2) is 0 Å². The fourth-order valence-electron chi connectivity index (χ4n) is 2.80. The van der Waals surface area contributed by atoms with Gasteiger partial charge >= 0.3 is 0 Å². The molecule has 3 nitrogen and oxygen atoms in total. The third-order valence-electron chi connectivity index (χ3n) is 3.78. The third kappa shape index (κ3) is 4.81. The lowest BCUT2D eigenvalue weighted by Gasteiger charge is -2.32. The van der Waals surface area contributed by atoms with E-state index in [1.165, 1.54) is 32.1 Å². The summed E-state index contributed by atoms with van der Waals surface area (Å²) in [6.45, 7) is 6.94. The number of nitrogens with two attached hydrogens (primary N) is 1. The van der Waals surface area contributed by atoms with Crippen molar-refractivity contribution in [2.45, 2.75) is 75.3 Å². The molecule has 0 aromatic rings. The van der Waals surface area contributed by atoms with Crippen molar-refractivity contribution in [2.75, 3.05) is 6.54 Å². The highest BCUT2D eigenvalue weighted by molar-refractivity contribution is 8.00. The van der Waals surface area contributed by atoms with Crippen molar-refractivity contribution in [3.05, 3.63) is 0 Å². The van der Waals surface area contributed by atoms with Crippen LogP contribution in [0.2, 0.25) is 0 Å². The third-order valence-corrected chi connectivity index (χ3v) is 5.27. The van der Waals surface area contributed by atoms with E-state index < -0.39 is 5.54 Å². The van der Waals surface area contributed by atoms with Gasteiger partial charge in [-0.3, -0.25) is 4.79 Å². The van der Waals surface area contributed by atoms with E-state index in [1.807, 2.05) is 25.6 Å². The van der Waals surface area contributed by atoms with Crippen LogP contribution in [-0.2, 0) is 4.79 Å². The first-order chi connectivity index (χ1) is 8.48. The Morgan fingerprint density at radius 3 is 2.56 bits per heavy atom. The number of carbonyl (C=O) groups is 1. The molecular formula is C14H28N2OS. The van der Waals surface area contributed by atoms with Gasteiger partial charge in [0.1, 0.15) is 0 Å². The van der Waals surface area contributed by atoms with Crippen LogP contribution >= 0.6 is 11.8 Å². The maximum absolute atomic E-state index is 11.6. The van der Waals surface area contributed by atoms with E-state index in [0.717, 1.165) is 18.2 Å². The summed E-state index contributed by atoms with van der Waals surface area (Å²) >= 11 is 2.04. The number of amides is 1. The van der Waals surface area contributed by atoms with Crippen molar-refractivity contribution < 1.29 is 4.79 Å². The molecule has 1 rings (SSSR count). The lowest BCUT2D eigenvalue weighted by atomic mass is 9.95. The van der Waals surface area contributed by atoms with Gasteiger partial charge in [-0.05, 0) is 32.7 Å². The first-order valence-corrected chi connectivity index (χ1v) is 8.12. The second-order valence-corrected chi connectivity index (χ2v) is 7.38. The Kier molecular flexibility index (Phi) is 6.50. The molecule has 0 saturated heterocycles. The van der Waals surface area contributed by atoms with Crippen molar-refractivity contribution in [1.82, 2.24) is 5.32 Å². The minimum absolute atomic E-state index is 0.236. The zero-order chi connectivity index (χ0) is 13.6. The second-order valence-electron chi connectivity index (χ2n) is 5.64. The number of rotatable bonds is 7. The molecule has 0 bridgehead atoms. The summed E-state index contributed by atoms with van der Waals surface area (Å²) in [5.41, 5.74) is 4.97. The first kappa shape index (κ1) is 15.8. The van der Waals surface area contributed by atoms with Gasteiger partial charge in [0.15, 0.2) is 0 Å². The molecular weight excluding hydrogens is 244 g/mol. The van der Waals surface area contributed by atoms with E-state index in [0.29, 0.717) is 5.25 Å². The van der Waals surface area contributed by atoms with Crippen LogP contribution in [0.4, 0.5) is 0 Å². The summed E-state index contributed by atoms with van der Waals surface area (Å²) in [6, 6.07) is 0. The fraction of sp³-hybridized carbons (Fsp3) is 0.929. The highest BCUT2D eigenvalue weighted by Crippen LogP contribution is 2.33. The molecule has 1 amide bonds. The van der Waals surface area contributed by atoms with Crippen LogP contribution in [0.25, 0.3) is 0 Å². The van der Waals surface area contributed by atoms with Crippen LogP contribution in [0.3, 0.4) is 0 Å². The van der Waals surface area contributed by atoms with Crippen LogP contribution in [0.15, 0.2) is 0 Å². The Morgan fingerprint density at radius 1 is 1.44 bits per heavy atom. The van der Waals surface area contributed by atoms with Crippen LogP contribution in [-0.4, -0.2) is 28.5 Å². The largest absolute Gasteiger partial charge is 0.368 e. The average molecular weight is 272 g/mol. The number of nitrogens with one attached hydrogen (secondary N) is 1. The number of primary amides is 1. The molecule has 0 aromatic heterocycles. The molecule has 106 valence electrons. The summed E-state index contributed by atoms with van der Waals surface area (Å²) in [5, 5.41) is 4.50. The fourth-order valence-corrected chi connectivity index (χ4v) is 4.49. The number of hydrogen-bond donors (Lipinski definition) is 2. The van der Waals surface area contributed by atoms with E-state index in [1.54, 1.807) is 0 Å². The maximum atomic E-state index is 11.6. The minimum atomic E-state index is -0.560. The normalized spacial score (nSPS) is 22.4. The van der Waals surface area contributed by atoms with Crippen molar-refractivity contribution in [3.63, 3.8) is 0 Å². The number of carbonyl (C=O) groups excluding carboxylic acids is 1. The maximum Gasteiger partial charge on any atom is 0.237 e. The SMILES string of the molecule is CCNC(C)(CC(C)SC1CCCCC1)C(N)=O. The summed E-state index contributed by atoms with van der Waals surface area (Å²) in [5.74, 6) is -0.236. The number of thioether (sulfide) groups is 1. The van der Waals surface area contributed by atoms with E-state index in [2.05, 4.69) is 12.2 Å². The molecule has 1 aliphatic rings. The van der Waals surface area contributed by atoms with Crippen molar-refractivity contribution in [2.24, 2.45) is 5.73 Å². The first-order valence-electron chi connectivity index (χ1n) is 7.18. The van der Waals surface area contributed by atoms with Gasteiger partial charge in [0.05, 0.1) is 5.54 Å². The van der Waals surface area contributed by atoms with Gasteiger partial charge in [0.25, 0.3) is 0 Å². The molecule has 1 aliphatic carbocycles. The van der Waals surface area contributed by atoms with Gasteiger partial charge in [-0.2, -0.15) is 11.8 Å². The zero-order valence-corrected chi connectivity index (χ0v) is 12.8. The van der Waals surface area contributed by atoms with Crippen LogP contribution in [0.1, 0.15) is 59.3 Å². The summed E-state index contributed by atoms with van der Waals surface area (Å²) in [4.78, 5) is 11.6. The minimum Gasteiger partial charge on any atom is -0.368 e. The van der Waals surface area contributed by atoms with Gasteiger partial charge in [0, 0.05) is 10.5 Å². The molecule has 2 atom stereocenters. The van der Waals surface area contributed by atoms with Gasteiger partial charge in [0.2, 0.25) is 5.91 Å². The lowest BCUT2D eigenvalue weighted by Crippen LogP contribution is -2.54. The lowest BCUT2D eigenvalue weighted by molar-refractivity contribution is -0.124. The monoisotopic (exact) mass is 272 g/mol. The molecule has 0 spiro atoms. The van der Waals surface area contributed by atoms with Gasteiger partial charge < -0.3 is 11.1 Å². The van der Waals surface area contributed by atoms with Crippen molar-refractivity contribution in [3.8, 4) is 0 Å². The quantitative estimate of drug-likeness (QED) is 0.749. The standard InChI is InChI=1S/C14H28N2OS/c1-4-16-14(3,13(15)17)10-11(2)18-12-8-6-5-7-9-12/h11-12,16H,4-10H2,1-3H3,(H2,15,17). The topological polar surface area (TPSA) is 55.1 Å². The molecule has 4 heteroatoms. The van der Waals surface area contributed by atoms with E-state index in [9.17, 15) is 4.79 Å². The molecule has 3 N–H and O–H groups in total. The summed E-state index contributed by atoms with van der Waals surface area (Å²) in [7, 11) is 0. The second kappa shape index (κ2) is 7.39. The van der Waals surface area contributed by atoms with Gasteiger partial charge in [-0.15, -0.1) is 0 Å². The zero-order valence-electron chi connectivity index (χ0n) is 12.0. The predicted octanol–water partition coefficient (Wildman–Crippen LogP) is 2.68. The molecule has 2 unspecified atom stereocenters. The van der Waals surface area contributed by atoms with E-state index in [-0.39, 0.29) is 5.91 Å². The van der Waals surface area contributed by atoms with Crippen molar-refractivity contribution in [1.29, 1.82) is 0 Å². The van der Waals surface area contributed by atoms with Crippen molar-refractivity contribution >= 4 is 17.7 Å². The van der Waals surface area contributed by atoms with Crippen LogP contribution in [0.5, 0.6) is 0 Å². The molecule has 0 heterocycles. The predicted molar refractivity (Wildman–Crippen MR) is 79.8 cm³/mol. The number of hydrogen-bond acceptors (Lipinski definition) is 3. The molecule has 0 aliphatic heterocycles. The Morgan fingerprint density at radius 2 is 2.06 bits per heavy atom. The Hall–Kier alpha value is -0.220. The van der Waals surface area contributed by atoms with E-state index >= 15 is 0 Å². The summed E-state index contributed by atoms with van der Waals surface area (Å²) in [6.07, 6.45) is 7.61. The van der Waals surface area contributed by atoms with Crippen LogP contribution < -0.4 is 11.1 Å². The Bertz CT molecular complexity index is 267. The molecule has 18 heavy (non-hydrogen) atoms. The molecule has 0 aromatic carbocycles. The summed E-state index contributed by atoms with van der Waals surface area (Å²) < 4.78 is 0. The van der Waals surface area contributed by atoms with Crippen LogP contribution in [0, 0.1) is 0 Å². The highest BCUT2D eigenvalue weighted by atomic mass is 32.2. The highest BCUT2D eigenvalue weighted by Gasteiger charge is 2.32. The Balaban J connectivity index is 2.45. The van der Waals surface area contributed by atoms with Gasteiger partial charge in [-0.1, -0.05) is 33.1 Å². The van der Waals surface area contributed by atoms with E-state index in [4.69, 9.17) is 5.73 Å². The molecule has 1 fully saturated rings. The Labute approximate surface area is 116 Å². The smallest absolute Gasteiger partial charge is 0.237 e. The number of likely N-dealkylation sites (N-methyl/N-ethyl adjacent to an activating group) is 1. The molecule has 1 saturated carbocycles. The average Bonchev–Trinajstić information content (AvgIpc) is 2.30. The molecule has 0 radical (unpaired) electrons.